The van der Waals surface area contributed by atoms with Crippen molar-refractivity contribution in [1.82, 2.24) is 0 Å². The molecule has 0 fully saturated rings. The minimum Gasteiger partial charge on any atom is -0.545 e. The molecule has 5 heteroatoms. The number of benzene rings is 1. The number of halogens is 1. The molecular weight excluding hydrogens is 179 g/mol. The molecule has 0 bridgehead atoms. The van der Waals surface area contributed by atoms with Gasteiger partial charge in [0, 0.05) is 11.1 Å². The standard InChI is InChI=1S/C8H5FO4/c9-6-4(7(10)11)2-1-3-5(6)8(12)13/h1-3H,(H,10,11)(H,12,13)/p-2. The highest BCUT2D eigenvalue weighted by Gasteiger charge is 2.08. The normalized spacial score (nSPS) is 9.62. The van der Waals surface area contributed by atoms with Crippen molar-refractivity contribution >= 4 is 11.9 Å². The molecule has 0 radical (unpaired) electrons. The van der Waals surface area contributed by atoms with Crippen LogP contribution in [0, 0.1) is 5.82 Å². The van der Waals surface area contributed by atoms with Crippen LogP contribution in [0.5, 0.6) is 0 Å². The van der Waals surface area contributed by atoms with Crippen LogP contribution in [0.1, 0.15) is 20.7 Å². The molecule has 0 N–H and O–H groups in total. The van der Waals surface area contributed by atoms with Crippen molar-refractivity contribution in [2.24, 2.45) is 0 Å². The van der Waals surface area contributed by atoms with Crippen LogP contribution in [0.15, 0.2) is 18.2 Å². The van der Waals surface area contributed by atoms with Crippen LogP contribution >= 0.6 is 0 Å². The van der Waals surface area contributed by atoms with Crippen LogP contribution < -0.4 is 10.2 Å². The Morgan fingerprint density at radius 1 is 1.08 bits per heavy atom. The number of hydrogen-bond donors (Lipinski definition) is 0. The van der Waals surface area contributed by atoms with Gasteiger partial charge < -0.3 is 19.8 Å². The lowest BCUT2D eigenvalue weighted by Gasteiger charge is -2.08. The third-order valence-electron chi connectivity index (χ3n) is 1.44. The van der Waals surface area contributed by atoms with Gasteiger partial charge in [-0.05, 0) is 0 Å². The van der Waals surface area contributed by atoms with Crippen molar-refractivity contribution in [2.75, 3.05) is 0 Å². The van der Waals surface area contributed by atoms with Gasteiger partial charge in [-0.2, -0.15) is 0 Å². The molecule has 13 heavy (non-hydrogen) atoms. The molecular formula is C8H3FO4-2. The van der Waals surface area contributed by atoms with Crippen molar-refractivity contribution in [3.63, 3.8) is 0 Å². The fourth-order valence-electron chi connectivity index (χ4n) is 0.847. The molecule has 4 nitrogen and oxygen atoms in total. The first-order valence-electron chi connectivity index (χ1n) is 3.25. The zero-order valence-corrected chi connectivity index (χ0v) is 6.24. The van der Waals surface area contributed by atoms with Crippen molar-refractivity contribution in [1.29, 1.82) is 0 Å². The fraction of sp³-hybridized carbons (Fsp3) is 0. The van der Waals surface area contributed by atoms with E-state index in [4.69, 9.17) is 0 Å². The van der Waals surface area contributed by atoms with Crippen LogP contribution in [0.4, 0.5) is 4.39 Å². The van der Waals surface area contributed by atoms with Gasteiger partial charge in [-0.15, -0.1) is 0 Å². The second kappa shape index (κ2) is 3.22. The van der Waals surface area contributed by atoms with E-state index < -0.39 is 28.9 Å². The van der Waals surface area contributed by atoms with Crippen molar-refractivity contribution < 1.29 is 24.2 Å². The molecule has 1 aromatic carbocycles. The maximum Gasteiger partial charge on any atom is 0.141 e. The zero-order chi connectivity index (χ0) is 10.0. The Kier molecular flexibility index (Phi) is 2.27. The lowest BCUT2D eigenvalue weighted by molar-refractivity contribution is -0.255. The van der Waals surface area contributed by atoms with Gasteiger partial charge in [-0.25, -0.2) is 4.39 Å². The summed E-state index contributed by atoms with van der Waals surface area (Å²) in [5, 5.41) is 20.5. The summed E-state index contributed by atoms with van der Waals surface area (Å²) < 4.78 is 12.9. The van der Waals surface area contributed by atoms with Crippen LogP contribution in [0.2, 0.25) is 0 Å². The van der Waals surface area contributed by atoms with E-state index >= 15 is 0 Å². The molecule has 0 aliphatic carbocycles. The molecule has 0 aromatic heterocycles. The van der Waals surface area contributed by atoms with E-state index in [0.29, 0.717) is 0 Å². The summed E-state index contributed by atoms with van der Waals surface area (Å²) in [7, 11) is 0. The quantitative estimate of drug-likeness (QED) is 0.560. The number of rotatable bonds is 2. The van der Waals surface area contributed by atoms with Gasteiger partial charge in [-0.3, -0.25) is 0 Å². The lowest BCUT2D eigenvalue weighted by Crippen LogP contribution is -2.27. The molecule has 0 heterocycles. The molecule has 0 saturated heterocycles. The number of carboxylic acid groups (broad SMARTS) is 2. The topological polar surface area (TPSA) is 80.3 Å². The highest BCUT2D eigenvalue weighted by atomic mass is 19.1. The van der Waals surface area contributed by atoms with E-state index in [0.717, 1.165) is 18.2 Å². The van der Waals surface area contributed by atoms with E-state index in [1.807, 2.05) is 0 Å². The highest BCUT2D eigenvalue weighted by molar-refractivity contribution is 5.92. The molecule has 0 saturated carbocycles. The second-order valence-electron chi connectivity index (χ2n) is 2.24. The Hall–Kier alpha value is -1.91. The third kappa shape index (κ3) is 1.64. The summed E-state index contributed by atoms with van der Waals surface area (Å²) in [6, 6.07) is 2.92. The number of aromatic carboxylic acids is 2. The average Bonchev–Trinajstić information content (AvgIpc) is 2.03. The van der Waals surface area contributed by atoms with Crippen molar-refractivity contribution in [3.8, 4) is 0 Å². The van der Waals surface area contributed by atoms with Gasteiger partial charge in [0.15, 0.2) is 0 Å². The Balaban J connectivity index is 3.35. The van der Waals surface area contributed by atoms with Crippen LogP contribution in [0.3, 0.4) is 0 Å². The Morgan fingerprint density at radius 3 is 1.77 bits per heavy atom. The summed E-state index contributed by atoms with van der Waals surface area (Å²) >= 11 is 0. The van der Waals surface area contributed by atoms with Gasteiger partial charge in [0.2, 0.25) is 0 Å². The van der Waals surface area contributed by atoms with E-state index in [2.05, 4.69) is 0 Å². The maximum absolute atomic E-state index is 12.9. The van der Waals surface area contributed by atoms with Crippen molar-refractivity contribution in [3.05, 3.63) is 35.1 Å². The Morgan fingerprint density at radius 2 is 1.46 bits per heavy atom. The smallest absolute Gasteiger partial charge is 0.141 e. The van der Waals surface area contributed by atoms with Gasteiger partial charge in [0.05, 0.1) is 11.9 Å². The zero-order valence-electron chi connectivity index (χ0n) is 6.24. The first-order valence-corrected chi connectivity index (χ1v) is 3.25. The summed E-state index contributed by atoms with van der Waals surface area (Å²) in [4.78, 5) is 20.5. The molecule has 0 spiro atoms. The number of carbonyl (C=O) groups excluding carboxylic acids is 2. The first-order chi connectivity index (χ1) is 6.04. The predicted octanol–water partition coefficient (Wildman–Crippen LogP) is -1.45. The Labute approximate surface area is 72.2 Å². The summed E-state index contributed by atoms with van der Waals surface area (Å²) in [6.45, 7) is 0. The molecule has 68 valence electrons. The average molecular weight is 182 g/mol. The third-order valence-corrected chi connectivity index (χ3v) is 1.44. The summed E-state index contributed by atoms with van der Waals surface area (Å²) in [6.07, 6.45) is 0. The van der Waals surface area contributed by atoms with E-state index in [1.54, 1.807) is 0 Å². The molecule has 1 aromatic rings. The summed E-state index contributed by atoms with van der Waals surface area (Å²) in [5.74, 6) is -4.87. The van der Waals surface area contributed by atoms with Gasteiger partial charge in [-0.1, -0.05) is 18.2 Å². The predicted molar refractivity (Wildman–Crippen MR) is 35.1 cm³/mol. The number of hydrogen-bond acceptors (Lipinski definition) is 4. The number of carboxylic acids is 2. The van der Waals surface area contributed by atoms with Crippen molar-refractivity contribution in [2.45, 2.75) is 0 Å². The molecule has 1 rings (SSSR count). The molecule has 0 amide bonds. The lowest BCUT2D eigenvalue weighted by atomic mass is 10.1. The van der Waals surface area contributed by atoms with Crippen LogP contribution in [-0.4, -0.2) is 11.9 Å². The van der Waals surface area contributed by atoms with E-state index in [1.165, 1.54) is 0 Å². The maximum atomic E-state index is 12.9. The summed E-state index contributed by atoms with van der Waals surface area (Å²) in [5.41, 5.74) is -1.58. The second-order valence-corrected chi connectivity index (χ2v) is 2.24. The number of carbonyl (C=O) groups is 2. The molecule has 0 aliphatic heterocycles. The SMILES string of the molecule is O=C([O-])c1cccc(C(=O)[O-])c1F. The molecule has 0 unspecified atom stereocenters. The minimum absolute atomic E-state index is 0.790. The monoisotopic (exact) mass is 182 g/mol. The molecule has 0 atom stereocenters. The largest absolute Gasteiger partial charge is 0.545 e. The first kappa shape index (κ1) is 9.18. The van der Waals surface area contributed by atoms with E-state index in [-0.39, 0.29) is 0 Å². The highest BCUT2D eigenvalue weighted by Crippen LogP contribution is 2.11. The minimum atomic E-state index is -1.76. The van der Waals surface area contributed by atoms with E-state index in [9.17, 15) is 24.2 Å². The van der Waals surface area contributed by atoms with Crippen LogP contribution in [-0.2, 0) is 0 Å². The van der Waals surface area contributed by atoms with Gasteiger partial charge in [0.1, 0.15) is 5.82 Å². The fourth-order valence-corrected chi connectivity index (χ4v) is 0.847. The van der Waals surface area contributed by atoms with Gasteiger partial charge in [0.25, 0.3) is 0 Å². The van der Waals surface area contributed by atoms with Gasteiger partial charge >= 0.3 is 0 Å². The van der Waals surface area contributed by atoms with Crippen LogP contribution in [0.25, 0.3) is 0 Å². The Bertz CT molecular complexity index is 340. The molecule has 0 aliphatic rings.